The highest BCUT2D eigenvalue weighted by Gasteiger charge is 2.28. The normalized spacial score (nSPS) is 13.5. The van der Waals surface area contributed by atoms with Crippen molar-refractivity contribution in [1.29, 1.82) is 0 Å². The summed E-state index contributed by atoms with van der Waals surface area (Å²) < 4.78 is 0. The Morgan fingerprint density at radius 1 is 1.53 bits per heavy atom. The second-order valence-electron chi connectivity index (χ2n) is 4.05. The molecule has 82 valence electrons. The molecule has 0 aromatic carbocycles. The lowest BCUT2D eigenvalue weighted by atomic mass is 10.0. The molecule has 0 aliphatic rings. The molecule has 1 rings (SSSR count). The van der Waals surface area contributed by atoms with E-state index < -0.39 is 11.5 Å². The minimum Gasteiger partial charge on any atom is -0.480 e. The van der Waals surface area contributed by atoms with Crippen LogP contribution in [0.3, 0.4) is 0 Å². The number of carboxylic acids is 1. The summed E-state index contributed by atoms with van der Waals surface area (Å²) in [5.74, 6) is -0.870. The fraction of sp³-hybridized carbons (Fsp3) is 0.455. The van der Waals surface area contributed by atoms with Gasteiger partial charge in [-0.25, -0.2) is 0 Å². The van der Waals surface area contributed by atoms with Crippen molar-refractivity contribution < 1.29 is 9.90 Å². The number of hydrogen-bond donors (Lipinski definition) is 2. The van der Waals surface area contributed by atoms with Crippen LogP contribution in [0.5, 0.6) is 0 Å². The Hall–Kier alpha value is -1.42. The molecule has 4 heteroatoms. The molecule has 2 N–H and O–H groups in total. The van der Waals surface area contributed by atoms with E-state index in [9.17, 15) is 4.79 Å². The fourth-order valence-corrected chi connectivity index (χ4v) is 1.31. The highest BCUT2D eigenvalue weighted by atomic mass is 16.4. The van der Waals surface area contributed by atoms with Gasteiger partial charge >= 0.3 is 5.97 Å². The van der Waals surface area contributed by atoms with Crippen LogP contribution in [-0.2, 0) is 4.79 Å². The van der Waals surface area contributed by atoms with Gasteiger partial charge in [-0.2, -0.15) is 0 Å². The van der Waals surface area contributed by atoms with Crippen LogP contribution in [0.2, 0.25) is 0 Å². The standard InChI is InChI=1S/C11H16N2O2/c1-8(9-6-4-5-7-12-9)13-11(2,3)10(14)15/h4-8,13H,1-3H3,(H,14,15). The van der Waals surface area contributed by atoms with E-state index in [-0.39, 0.29) is 6.04 Å². The molecule has 1 aromatic heterocycles. The monoisotopic (exact) mass is 208 g/mol. The zero-order valence-electron chi connectivity index (χ0n) is 9.19. The lowest BCUT2D eigenvalue weighted by Crippen LogP contribution is -2.47. The number of aromatic nitrogens is 1. The minimum atomic E-state index is -0.947. The summed E-state index contributed by atoms with van der Waals surface area (Å²) in [4.78, 5) is 15.1. The van der Waals surface area contributed by atoms with Crippen LogP contribution in [0.4, 0.5) is 0 Å². The van der Waals surface area contributed by atoms with Gasteiger partial charge in [-0.1, -0.05) is 6.07 Å². The van der Waals surface area contributed by atoms with Gasteiger partial charge in [0.1, 0.15) is 5.54 Å². The van der Waals surface area contributed by atoms with E-state index in [0.717, 1.165) is 5.69 Å². The van der Waals surface area contributed by atoms with Crippen molar-refractivity contribution in [2.75, 3.05) is 0 Å². The minimum absolute atomic E-state index is 0.0858. The molecular weight excluding hydrogens is 192 g/mol. The first kappa shape index (κ1) is 11.7. The molecule has 1 heterocycles. The van der Waals surface area contributed by atoms with Gasteiger partial charge in [0, 0.05) is 12.2 Å². The van der Waals surface area contributed by atoms with Gasteiger partial charge in [0.2, 0.25) is 0 Å². The van der Waals surface area contributed by atoms with Gasteiger partial charge in [-0.05, 0) is 32.9 Å². The number of carbonyl (C=O) groups is 1. The molecule has 0 amide bonds. The van der Waals surface area contributed by atoms with Crippen LogP contribution >= 0.6 is 0 Å². The van der Waals surface area contributed by atoms with Gasteiger partial charge in [0.05, 0.1) is 5.69 Å². The van der Waals surface area contributed by atoms with E-state index >= 15 is 0 Å². The predicted octanol–water partition coefficient (Wildman–Crippen LogP) is 1.60. The molecule has 4 nitrogen and oxygen atoms in total. The molecule has 0 aliphatic carbocycles. The molecule has 1 unspecified atom stereocenters. The number of rotatable bonds is 4. The summed E-state index contributed by atoms with van der Waals surface area (Å²) in [5.41, 5.74) is -0.108. The summed E-state index contributed by atoms with van der Waals surface area (Å²) in [5, 5.41) is 12.0. The number of nitrogens with zero attached hydrogens (tertiary/aromatic N) is 1. The fourth-order valence-electron chi connectivity index (χ4n) is 1.31. The Balaban J connectivity index is 2.72. The third kappa shape index (κ3) is 3.02. The number of nitrogens with one attached hydrogen (secondary N) is 1. The van der Waals surface area contributed by atoms with E-state index in [1.807, 2.05) is 25.1 Å². The second kappa shape index (κ2) is 4.40. The van der Waals surface area contributed by atoms with Gasteiger partial charge < -0.3 is 5.11 Å². The van der Waals surface area contributed by atoms with Crippen LogP contribution in [0.25, 0.3) is 0 Å². The van der Waals surface area contributed by atoms with Crippen molar-refractivity contribution in [3.8, 4) is 0 Å². The highest BCUT2D eigenvalue weighted by Crippen LogP contribution is 2.13. The van der Waals surface area contributed by atoms with Crippen molar-refractivity contribution in [3.05, 3.63) is 30.1 Å². The summed E-state index contributed by atoms with van der Waals surface area (Å²) in [6.45, 7) is 5.16. The first-order valence-corrected chi connectivity index (χ1v) is 4.85. The average Bonchev–Trinajstić information content (AvgIpc) is 2.18. The van der Waals surface area contributed by atoms with E-state index in [1.54, 1.807) is 20.0 Å². The zero-order chi connectivity index (χ0) is 11.5. The third-order valence-electron chi connectivity index (χ3n) is 2.24. The Labute approximate surface area is 89.3 Å². The highest BCUT2D eigenvalue weighted by molar-refractivity contribution is 5.77. The molecule has 0 fully saturated rings. The molecule has 0 saturated carbocycles. The van der Waals surface area contributed by atoms with Crippen LogP contribution in [-0.4, -0.2) is 21.6 Å². The van der Waals surface area contributed by atoms with Gasteiger partial charge in [0.15, 0.2) is 0 Å². The molecule has 1 atom stereocenters. The average molecular weight is 208 g/mol. The van der Waals surface area contributed by atoms with E-state index in [0.29, 0.717) is 0 Å². The maximum atomic E-state index is 10.9. The number of aliphatic carboxylic acids is 1. The number of carboxylic acid groups (broad SMARTS) is 1. The van der Waals surface area contributed by atoms with Crippen molar-refractivity contribution in [3.63, 3.8) is 0 Å². The van der Waals surface area contributed by atoms with Crippen molar-refractivity contribution >= 4 is 5.97 Å². The van der Waals surface area contributed by atoms with Gasteiger partial charge in [-0.3, -0.25) is 15.1 Å². The van der Waals surface area contributed by atoms with E-state index in [4.69, 9.17) is 5.11 Å². The van der Waals surface area contributed by atoms with E-state index in [2.05, 4.69) is 10.3 Å². The molecule has 1 aromatic rings. The Kier molecular flexibility index (Phi) is 3.42. The Morgan fingerprint density at radius 3 is 2.67 bits per heavy atom. The summed E-state index contributed by atoms with van der Waals surface area (Å²) in [7, 11) is 0. The number of pyridine rings is 1. The smallest absolute Gasteiger partial charge is 0.323 e. The topological polar surface area (TPSA) is 62.2 Å². The predicted molar refractivity (Wildman–Crippen MR) is 57.5 cm³/mol. The van der Waals surface area contributed by atoms with Crippen LogP contribution in [0, 0.1) is 0 Å². The molecule has 0 spiro atoms. The Bertz CT molecular complexity index is 336. The SMILES string of the molecule is CC(NC(C)(C)C(=O)O)c1ccccn1. The first-order valence-electron chi connectivity index (χ1n) is 4.85. The second-order valence-corrected chi connectivity index (χ2v) is 4.05. The molecule has 0 radical (unpaired) electrons. The van der Waals surface area contributed by atoms with Crippen LogP contribution in [0.15, 0.2) is 24.4 Å². The summed E-state index contributed by atoms with van der Waals surface area (Å²) in [6.07, 6.45) is 1.70. The van der Waals surface area contributed by atoms with Crippen molar-refractivity contribution in [2.45, 2.75) is 32.4 Å². The number of hydrogen-bond acceptors (Lipinski definition) is 3. The molecule has 0 aliphatic heterocycles. The largest absolute Gasteiger partial charge is 0.480 e. The van der Waals surface area contributed by atoms with E-state index in [1.165, 1.54) is 0 Å². The lowest BCUT2D eigenvalue weighted by Gasteiger charge is -2.25. The summed E-state index contributed by atoms with van der Waals surface area (Å²) >= 11 is 0. The van der Waals surface area contributed by atoms with Crippen molar-refractivity contribution in [1.82, 2.24) is 10.3 Å². The maximum Gasteiger partial charge on any atom is 0.323 e. The zero-order valence-corrected chi connectivity index (χ0v) is 9.19. The summed E-state index contributed by atoms with van der Waals surface area (Å²) in [6, 6.07) is 5.50. The lowest BCUT2D eigenvalue weighted by molar-refractivity contribution is -0.143. The first-order chi connectivity index (χ1) is 6.93. The van der Waals surface area contributed by atoms with Gasteiger partial charge in [0.25, 0.3) is 0 Å². The van der Waals surface area contributed by atoms with Crippen LogP contribution in [0.1, 0.15) is 32.5 Å². The molecule has 15 heavy (non-hydrogen) atoms. The maximum absolute atomic E-state index is 10.9. The van der Waals surface area contributed by atoms with Gasteiger partial charge in [-0.15, -0.1) is 0 Å². The van der Waals surface area contributed by atoms with Crippen molar-refractivity contribution in [2.24, 2.45) is 0 Å². The molecular formula is C11H16N2O2. The molecule has 0 saturated heterocycles. The third-order valence-corrected chi connectivity index (χ3v) is 2.24. The Morgan fingerprint density at radius 2 is 2.20 bits per heavy atom. The molecule has 0 bridgehead atoms. The quantitative estimate of drug-likeness (QED) is 0.788. The van der Waals surface area contributed by atoms with Crippen LogP contribution < -0.4 is 5.32 Å².